The van der Waals surface area contributed by atoms with E-state index >= 15 is 0 Å². The molecule has 2 rings (SSSR count). The van der Waals surface area contributed by atoms with Gasteiger partial charge in [0.05, 0.1) is 5.56 Å². The fraction of sp³-hybridized carbons (Fsp3) is 0.706. The second kappa shape index (κ2) is 6.65. The first-order valence-electron chi connectivity index (χ1n) is 8.08. The standard InChI is InChI=1S/C17H29N3O/c1-6-20-13(2)11-16(14(20)3)17(21)19-10-8-7-9-15(12-19)18(4)5/h11,15H,6-10,12H2,1-5H3/t15-/m0/s1. The van der Waals surface area contributed by atoms with Crippen molar-refractivity contribution in [2.45, 2.75) is 52.6 Å². The van der Waals surface area contributed by atoms with E-state index in [1.54, 1.807) is 0 Å². The molecule has 1 aliphatic heterocycles. The highest BCUT2D eigenvalue weighted by atomic mass is 16.2. The summed E-state index contributed by atoms with van der Waals surface area (Å²) in [4.78, 5) is 17.2. The number of amides is 1. The van der Waals surface area contributed by atoms with Crippen molar-refractivity contribution in [2.24, 2.45) is 0 Å². The van der Waals surface area contributed by atoms with E-state index in [1.165, 1.54) is 18.5 Å². The lowest BCUT2D eigenvalue weighted by atomic mass is 10.1. The summed E-state index contributed by atoms with van der Waals surface area (Å²) in [5.74, 6) is 0.205. The lowest BCUT2D eigenvalue weighted by molar-refractivity contribution is 0.0724. The van der Waals surface area contributed by atoms with Crippen LogP contribution in [-0.2, 0) is 6.54 Å². The molecular formula is C17H29N3O. The van der Waals surface area contributed by atoms with Crippen LogP contribution in [0.1, 0.15) is 47.9 Å². The number of likely N-dealkylation sites (N-methyl/N-ethyl adjacent to an activating group) is 1. The van der Waals surface area contributed by atoms with Gasteiger partial charge >= 0.3 is 0 Å². The normalized spacial score (nSPS) is 19.9. The quantitative estimate of drug-likeness (QED) is 0.856. The molecule has 4 heteroatoms. The zero-order valence-corrected chi connectivity index (χ0v) is 14.1. The SMILES string of the molecule is CCn1c(C)cc(C(=O)N2CCCC[C@H](N(C)C)C2)c1C. The molecule has 21 heavy (non-hydrogen) atoms. The number of nitrogens with zero attached hydrogens (tertiary/aromatic N) is 3. The predicted molar refractivity (Wildman–Crippen MR) is 86.8 cm³/mol. The van der Waals surface area contributed by atoms with Crippen molar-refractivity contribution in [2.75, 3.05) is 27.2 Å². The summed E-state index contributed by atoms with van der Waals surface area (Å²) in [7, 11) is 4.23. The van der Waals surface area contributed by atoms with Crippen LogP contribution < -0.4 is 0 Å². The van der Waals surface area contributed by atoms with E-state index in [9.17, 15) is 4.79 Å². The van der Waals surface area contributed by atoms with E-state index in [0.29, 0.717) is 6.04 Å². The fourth-order valence-corrected chi connectivity index (χ4v) is 3.40. The number of likely N-dealkylation sites (tertiary alicyclic amines) is 1. The minimum Gasteiger partial charge on any atom is -0.349 e. The van der Waals surface area contributed by atoms with Crippen LogP contribution >= 0.6 is 0 Å². The maximum Gasteiger partial charge on any atom is 0.255 e. The number of aryl methyl sites for hydroxylation is 1. The molecule has 1 amide bonds. The van der Waals surface area contributed by atoms with Crippen molar-refractivity contribution in [3.63, 3.8) is 0 Å². The molecule has 0 aromatic carbocycles. The number of hydrogen-bond donors (Lipinski definition) is 0. The highest BCUT2D eigenvalue weighted by molar-refractivity contribution is 5.95. The topological polar surface area (TPSA) is 28.5 Å². The third-order valence-corrected chi connectivity index (χ3v) is 4.78. The molecule has 118 valence electrons. The van der Waals surface area contributed by atoms with E-state index in [2.05, 4.69) is 55.3 Å². The molecule has 1 aromatic heterocycles. The van der Waals surface area contributed by atoms with Crippen molar-refractivity contribution in [1.29, 1.82) is 0 Å². The Morgan fingerprint density at radius 2 is 2.05 bits per heavy atom. The molecule has 1 aromatic rings. The van der Waals surface area contributed by atoms with Crippen LogP contribution in [-0.4, -0.2) is 53.5 Å². The maximum atomic E-state index is 12.9. The smallest absolute Gasteiger partial charge is 0.255 e. The summed E-state index contributed by atoms with van der Waals surface area (Å²) < 4.78 is 2.22. The second-order valence-electron chi connectivity index (χ2n) is 6.39. The molecule has 0 saturated carbocycles. The third-order valence-electron chi connectivity index (χ3n) is 4.78. The van der Waals surface area contributed by atoms with Gasteiger partial charge in [-0.3, -0.25) is 4.79 Å². The average molecular weight is 291 g/mol. The Labute approximate surface area is 128 Å². The molecule has 1 aliphatic rings. The van der Waals surface area contributed by atoms with Crippen molar-refractivity contribution in [3.8, 4) is 0 Å². The molecule has 0 bridgehead atoms. The highest BCUT2D eigenvalue weighted by Gasteiger charge is 2.26. The summed E-state index contributed by atoms with van der Waals surface area (Å²) in [5.41, 5.74) is 3.16. The Bertz CT molecular complexity index is 504. The number of carbonyl (C=O) groups is 1. The van der Waals surface area contributed by atoms with E-state index < -0.39 is 0 Å². The Kier molecular flexibility index (Phi) is 5.09. The van der Waals surface area contributed by atoms with Gasteiger partial charge in [0.25, 0.3) is 5.91 Å². The van der Waals surface area contributed by atoms with Gasteiger partial charge in [0.1, 0.15) is 0 Å². The van der Waals surface area contributed by atoms with Gasteiger partial charge in [-0.2, -0.15) is 0 Å². The summed E-state index contributed by atoms with van der Waals surface area (Å²) in [6.07, 6.45) is 3.51. The number of rotatable bonds is 3. The minimum atomic E-state index is 0.205. The Morgan fingerprint density at radius 3 is 2.62 bits per heavy atom. The average Bonchev–Trinajstić information content (AvgIpc) is 2.64. The largest absolute Gasteiger partial charge is 0.349 e. The molecule has 4 nitrogen and oxygen atoms in total. The molecule has 2 heterocycles. The molecule has 1 saturated heterocycles. The first-order chi connectivity index (χ1) is 9.95. The minimum absolute atomic E-state index is 0.205. The van der Waals surface area contributed by atoms with Crippen molar-refractivity contribution >= 4 is 5.91 Å². The summed E-state index contributed by atoms with van der Waals surface area (Å²) in [6.45, 7) is 8.93. The highest BCUT2D eigenvalue weighted by Crippen LogP contribution is 2.20. The summed E-state index contributed by atoms with van der Waals surface area (Å²) in [5, 5.41) is 0. The Morgan fingerprint density at radius 1 is 1.33 bits per heavy atom. The van der Waals surface area contributed by atoms with Gasteiger partial charge < -0.3 is 14.4 Å². The predicted octanol–water partition coefficient (Wildman–Crippen LogP) is 2.68. The fourth-order valence-electron chi connectivity index (χ4n) is 3.40. The number of carbonyl (C=O) groups excluding carboxylic acids is 1. The van der Waals surface area contributed by atoms with Crippen molar-refractivity contribution < 1.29 is 4.79 Å². The van der Waals surface area contributed by atoms with Gasteiger partial charge in [-0.15, -0.1) is 0 Å². The van der Waals surface area contributed by atoms with Gasteiger partial charge in [-0.1, -0.05) is 6.42 Å². The van der Waals surface area contributed by atoms with E-state index in [4.69, 9.17) is 0 Å². The molecular weight excluding hydrogens is 262 g/mol. The number of aromatic nitrogens is 1. The molecule has 0 unspecified atom stereocenters. The van der Waals surface area contributed by atoms with Crippen LogP contribution in [0.4, 0.5) is 0 Å². The number of hydrogen-bond acceptors (Lipinski definition) is 2. The zero-order chi connectivity index (χ0) is 15.6. The monoisotopic (exact) mass is 291 g/mol. The van der Waals surface area contributed by atoms with Gasteiger partial charge in [-0.25, -0.2) is 0 Å². The van der Waals surface area contributed by atoms with Crippen LogP contribution in [0, 0.1) is 13.8 Å². The lowest BCUT2D eigenvalue weighted by Crippen LogP contribution is -2.42. The van der Waals surface area contributed by atoms with Crippen LogP contribution in [0.2, 0.25) is 0 Å². The summed E-state index contributed by atoms with van der Waals surface area (Å²) >= 11 is 0. The molecule has 0 N–H and O–H groups in total. The van der Waals surface area contributed by atoms with E-state index in [0.717, 1.165) is 37.3 Å². The summed E-state index contributed by atoms with van der Waals surface area (Å²) in [6, 6.07) is 2.53. The Hall–Kier alpha value is -1.29. The first kappa shape index (κ1) is 16.1. The molecule has 0 radical (unpaired) electrons. The molecule has 0 spiro atoms. The van der Waals surface area contributed by atoms with E-state index in [1.807, 2.05) is 0 Å². The molecule has 1 fully saturated rings. The second-order valence-corrected chi connectivity index (χ2v) is 6.39. The van der Waals surface area contributed by atoms with Crippen molar-refractivity contribution in [1.82, 2.24) is 14.4 Å². The van der Waals surface area contributed by atoms with E-state index in [-0.39, 0.29) is 5.91 Å². The van der Waals surface area contributed by atoms with Gasteiger partial charge in [0.15, 0.2) is 0 Å². The van der Waals surface area contributed by atoms with Crippen LogP contribution in [0.15, 0.2) is 6.07 Å². The van der Waals surface area contributed by atoms with Gasteiger partial charge in [-0.05, 0) is 53.8 Å². The van der Waals surface area contributed by atoms with Gasteiger partial charge in [0, 0.05) is 37.1 Å². The van der Waals surface area contributed by atoms with Gasteiger partial charge in [0.2, 0.25) is 0 Å². The van der Waals surface area contributed by atoms with Crippen LogP contribution in [0.5, 0.6) is 0 Å². The maximum absolute atomic E-state index is 12.9. The molecule has 0 aliphatic carbocycles. The molecule has 1 atom stereocenters. The zero-order valence-electron chi connectivity index (χ0n) is 14.1. The van der Waals surface area contributed by atoms with Crippen molar-refractivity contribution in [3.05, 3.63) is 23.0 Å². The third kappa shape index (κ3) is 3.31. The Balaban J connectivity index is 2.22. The first-order valence-corrected chi connectivity index (χ1v) is 8.08. The van der Waals surface area contributed by atoms with Crippen LogP contribution in [0.3, 0.4) is 0 Å². The lowest BCUT2D eigenvalue weighted by Gasteiger charge is -2.28. The van der Waals surface area contributed by atoms with Crippen LogP contribution in [0.25, 0.3) is 0 Å².